The van der Waals surface area contributed by atoms with Gasteiger partial charge in [0, 0.05) is 9.92 Å². The zero-order chi connectivity index (χ0) is 9.52. The van der Waals surface area contributed by atoms with Crippen molar-refractivity contribution in [1.82, 2.24) is 0 Å². The van der Waals surface area contributed by atoms with Crippen LogP contribution >= 0.6 is 23.4 Å². The zero-order valence-electron chi connectivity index (χ0n) is 7.92. The highest BCUT2D eigenvalue weighted by molar-refractivity contribution is 7.99. The van der Waals surface area contributed by atoms with E-state index in [0.717, 1.165) is 5.02 Å². The number of unbranched alkanes of at least 4 members (excludes halogenated alkanes) is 2. The van der Waals surface area contributed by atoms with E-state index in [9.17, 15) is 0 Å². The lowest BCUT2D eigenvalue weighted by atomic mass is 10.3. The van der Waals surface area contributed by atoms with Gasteiger partial charge in [-0.15, -0.1) is 11.8 Å². The Morgan fingerprint density at radius 1 is 1.15 bits per heavy atom. The molecule has 0 fully saturated rings. The second kappa shape index (κ2) is 6.33. The van der Waals surface area contributed by atoms with Crippen LogP contribution in [0.1, 0.15) is 26.2 Å². The lowest BCUT2D eigenvalue weighted by Gasteiger charge is -2.00. The predicted octanol–water partition coefficient (Wildman–Crippen LogP) is 4.62. The van der Waals surface area contributed by atoms with Gasteiger partial charge in [-0.25, -0.2) is 0 Å². The highest BCUT2D eigenvalue weighted by atomic mass is 35.5. The minimum atomic E-state index is 0.818. The van der Waals surface area contributed by atoms with E-state index < -0.39 is 0 Å². The molecule has 0 aliphatic heterocycles. The molecule has 0 radical (unpaired) electrons. The van der Waals surface area contributed by atoms with Gasteiger partial charge in [0.2, 0.25) is 0 Å². The third-order valence-corrected chi connectivity index (χ3v) is 3.18. The molecule has 0 saturated carbocycles. The molecule has 0 N–H and O–H groups in total. The molecule has 0 unspecified atom stereocenters. The maximum atomic E-state index is 5.79. The molecule has 0 aliphatic carbocycles. The smallest absolute Gasteiger partial charge is 0.0406 e. The van der Waals surface area contributed by atoms with Crippen LogP contribution in [0.5, 0.6) is 0 Å². The van der Waals surface area contributed by atoms with Gasteiger partial charge in [0.1, 0.15) is 0 Å². The molecule has 0 atom stereocenters. The Hall–Kier alpha value is -0.140. The summed E-state index contributed by atoms with van der Waals surface area (Å²) in [6, 6.07) is 8.06. The van der Waals surface area contributed by atoms with Crippen molar-refractivity contribution in [1.29, 1.82) is 0 Å². The lowest BCUT2D eigenvalue weighted by molar-refractivity contribution is 0.778. The minimum absolute atomic E-state index is 0.818. The Morgan fingerprint density at radius 3 is 2.46 bits per heavy atom. The van der Waals surface area contributed by atoms with Crippen LogP contribution in [0, 0.1) is 0 Å². The summed E-state index contributed by atoms with van der Waals surface area (Å²) in [5.74, 6) is 1.22. The molecule has 0 aliphatic rings. The first kappa shape index (κ1) is 10.9. The molecule has 1 aromatic rings. The van der Waals surface area contributed by atoms with Crippen LogP contribution in [-0.2, 0) is 0 Å². The fraction of sp³-hybridized carbons (Fsp3) is 0.455. The first-order valence-electron chi connectivity index (χ1n) is 4.71. The summed E-state index contributed by atoms with van der Waals surface area (Å²) >= 11 is 7.70. The Morgan fingerprint density at radius 2 is 1.85 bits per heavy atom. The maximum absolute atomic E-state index is 5.79. The van der Waals surface area contributed by atoms with Crippen molar-refractivity contribution >= 4 is 23.4 Å². The Bertz CT molecular complexity index is 230. The van der Waals surface area contributed by atoms with Gasteiger partial charge in [-0.2, -0.15) is 0 Å². The summed E-state index contributed by atoms with van der Waals surface area (Å²) in [6.45, 7) is 2.23. The van der Waals surface area contributed by atoms with Crippen LogP contribution in [-0.4, -0.2) is 5.75 Å². The third kappa shape index (κ3) is 4.58. The quantitative estimate of drug-likeness (QED) is 0.509. The van der Waals surface area contributed by atoms with E-state index in [1.54, 1.807) is 0 Å². The predicted molar refractivity (Wildman–Crippen MR) is 61.7 cm³/mol. The van der Waals surface area contributed by atoms with Crippen molar-refractivity contribution in [2.45, 2.75) is 31.1 Å². The number of rotatable bonds is 5. The average Bonchev–Trinajstić information content (AvgIpc) is 2.15. The minimum Gasteiger partial charge on any atom is -0.126 e. The van der Waals surface area contributed by atoms with Crippen LogP contribution in [0.3, 0.4) is 0 Å². The molecule has 0 heterocycles. The van der Waals surface area contributed by atoms with Gasteiger partial charge in [-0.05, 0) is 36.4 Å². The number of hydrogen-bond donors (Lipinski definition) is 0. The van der Waals surface area contributed by atoms with E-state index in [2.05, 4.69) is 19.1 Å². The van der Waals surface area contributed by atoms with E-state index >= 15 is 0 Å². The topological polar surface area (TPSA) is 0 Å². The highest BCUT2D eigenvalue weighted by Crippen LogP contribution is 2.21. The molecule has 2 heteroatoms. The molecule has 0 aromatic heterocycles. The van der Waals surface area contributed by atoms with Crippen molar-refractivity contribution in [3.63, 3.8) is 0 Å². The van der Waals surface area contributed by atoms with E-state index in [1.807, 2.05) is 23.9 Å². The largest absolute Gasteiger partial charge is 0.126 e. The molecule has 13 heavy (non-hydrogen) atoms. The van der Waals surface area contributed by atoms with Crippen LogP contribution in [0.25, 0.3) is 0 Å². The van der Waals surface area contributed by atoms with Gasteiger partial charge in [0.05, 0.1) is 0 Å². The van der Waals surface area contributed by atoms with E-state index in [0.29, 0.717) is 0 Å². The second-order valence-corrected chi connectivity index (χ2v) is 4.61. The van der Waals surface area contributed by atoms with Gasteiger partial charge in [-0.3, -0.25) is 0 Å². The van der Waals surface area contributed by atoms with E-state index in [-0.39, 0.29) is 0 Å². The molecule has 1 aromatic carbocycles. The summed E-state index contributed by atoms with van der Waals surface area (Å²) in [5, 5.41) is 0.818. The molecular formula is C11H15ClS. The third-order valence-electron chi connectivity index (χ3n) is 1.83. The number of halogens is 1. The summed E-state index contributed by atoms with van der Waals surface area (Å²) in [7, 11) is 0. The highest BCUT2D eigenvalue weighted by Gasteiger charge is 1.93. The Kier molecular flexibility index (Phi) is 5.33. The van der Waals surface area contributed by atoms with Crippen LogP contribution in [0.4, 0.5) is 0 Å². The van der Waals surface area contributed by atoms with Gasteiger partial charge in [0.15, 0.2) is 0 Å². The van der Waals surface area contributed by atoms with Crippen LogP contribution in [0.15, 0.2) is 29.2 Å². The van der Waals surface area contributed by atoms with E-state index in [4.69, 9.17) is 11.6 Å². The van der Waals surface area contributed by atoms with Crippen molar-refractivity contribution in [2.24, 2.45) is 0 Å². The fourth-order valence-electron chi connectivity index (χ4n) is 1.07. The summed E-state index contributed by atoms with van der Waals surface area (Å²) in [5.41, 5.74) is 0. The first-order chi connectivity index (χ1) is 6.33. The number of hydrogen-bond acceptors (Lipinski definition) is 1. The number of benzene rings is 1. The first-order valence-corrected chi connectivity index (χ1v) is 6.07. The van der Waals surface area contributed by atoms with Crippen molar-refractivity contribution < 1.29 is 0 Å². The summed E-state index contributed by atoms with van der Waals surface area (Å²) in [6.07, 6.45) is 3.94. The van der Waals surface area contributed by atoms with E-state index in [1.165, 1.54) is 29.9 Å². The molecule has 0 bridgehead atoms. The molecule has 0 amide bonds. The molecular weight excluding hydrogens is 200 g/mol. The summed E-state index contributed by atoms with van der Waals surface area (Å²) in [4.78, 5) is 1.32. The molecule has 1 rings (SSSR count). The zero-order valence-corrected chi connectivity index (χ0v) is 9.50. The molecule has 0 spiro atoms. The van der Waals surface area contributed by atoms with Crippen LogP contribution in [0.2, 0.25) is 5.02 Å². The molecule has 0 nitrogen and oxygen atoms in total. The van der Waals surface area contributed by atoms with Gasteiger partial charge in [0.25, 0.3) is 0 Å². The van der Waals surface area contributed by atoms with Gasteiger partial charge in [-0.1, -0.05) is 31.4 Å². The van der Waals surface area contributed by atoms with Crippen LogP contribution < -0.4 is 0 Å². The fourth-order valence-corrected chi connectivity index (χ4v) is 2.11. The molecule has 0 saturated heterocycles. The van der Waals surface area contributed by atoms with Crippen molar-refractivity contribution in [3.05, 3.63) is 29.3 Å². The lowest BCUT2D eigenvalue weighted by Crippen LogP contribution is -1.79. The van der Waals surface area contributed by atoms with Crippen molar-refractivity contribution in [2.75, 3.05) is 5.75 Å². The average molecular weight is 215 g/mol. The monoisotopic (exact) mass is 214 g/mol. The normalized spacial score (nSPS) is 10.3. The Labute approximate surface area is 89.7 Å². The second-order valence-electron chi connectivity index (χ2n) is 3.01. The number of thioether (sulfide) groups is 1. The summed E-state index contributed by atoms with van der Waals surface area (Å²) < 4.78 is 0. The Balaban J connectivity index is 2.25. The SMILES string of the molecule is CCCCCSc1ccc(Cl)cc1. The standard InChI is InChI=1S/C11H15ClS/c1-2-3-4-9-13-11-7-5-10(12)6-8-11/h5-8H,2-4,9H2,1H3. The van der Waals surface area contributed by atoms with Crippen molar-refractivity contribution in [3.8, 4) is 0 Å². The van der Waals surface area contributed by atoms with Gasteiger partial charge < -0.3 is 0 Å². The maximum Gasteiger partial charge on any atom is 0.0406 e. The van der Waals surface area contributed by atoms with Gasteiger partial charge >= 0.3 is 0 Å². The molecule has 72 valence electrons.